The summed E-state index contributed by atoms with van der Waals surface area (Å²) in [6, 6.07) is 2.11. The molecule has 1 fully saturated rings. The number of likely N-dealkylation sites (N-methyl/N-ethyl adjacent to an activating group) is 1. The molecule has 1 N–H and O–H groups in total. The minimum Gasteiger partial charge on any atom is -0.359 e. The van der Waals surface area contributed by atoms with Crippen LogP contribution in [0.25, 0.3) is 11.0 Å². The molecule has 0 saturated carbocycles. The molecule has 27 heavy (non-hydrogen) atoms. The average molecular weight is 389 g/mol. The maximum Gasteiger partial charge on any atom is 0.259 e. The Morgan fingerprint density at radius 2 is 2.33 bits per heavy atom. The number of carbonyl (C=O) groups is 1. The van der Waals surface area contributed by atoms with Gasteiger partial charge in [0.2, 0.25) is 0 Å². The zero-order valence-electron chi connectivity index (χ0n) is 15.2. The largest absolute Gasteiger partial charge is 0.359 e. The molecule has 142 valence electrons. The lowest BCUT2D eigenvalue weighted by Gasteiger charge is -2.42. The van der Waals surface area contributed by atoms with Gasteiger partial charge in [-0.1, -0.05) is 12.1 Å². The third kappa shape index (κ3) is 3.14. The number of fused-ring (bicyclic) bond motifs is 1. The number of hydrogen-bond donors (Lipinski definition) is 1. The van der Waals surface area contributed by atoms with E-state index < -0.39 is 0 Å². The molecule has 9 heteroatoms. The Hall–Kier alpha value is -2.61. The first-order valence-corrected chi connectivity index (χ1v) is 9.43. The molecular weight excluding hydrogens is 368 g/mol. The first-order valence-electron chi connectivity index (χ1n) is 8.90. The van der Waals surface area contributed by atoms with Crippen molar-refractivity contribution in [3.05, 3.63) is 36.1 Å². The summed E-state index contributed by atoms with van der Waals surface area (Å²) in [4.78, 5) is 28.8. The Bertz CT molecular complexity index is 954. The predicted molar refractivity (Wildman–Crippen MR) is 102 cm³/mol. The fraction of sp³-hybridized carbons (Fsp3) is 0.444. The number of likely N-dealkylation sites (tertiary alicyclic amines) is 1. The highest BCUT2D eigenvalue weighted by molar-refractivity contribution is 6.17. The minimum absolute atomic E-state index is 0.0910. The van der Waals surface area contributed by atoms with Gasteiger partial charge in [-0.05, 0) is 18.4 Å². The molecule has 3 aromatic heterocycles. The zero-order valence-corrected chi connectivity index (χ0v) is 16.0. The number of hydrogen-bond acceptors (Lipinski definition) is 6. The van der Waals surface area contributed by atoms with Crippen LogP contribution < -0.4 is 4.90 Å². The summed E-state index contributed by atoms with van der Waals surface area (Å²) < 4.78 is 5.07. The predicted octanol–water partition coefficient (Wildman–Crippen LogP) is 2.67. The lowest BCUT2D eigenvalue weighted by Crippen LogP contribution is -2.53. The minimum atomic E-state index is -0.0910. The monoisotopic (exact) mass is 388 g/mol. The van der Waals surface area contributed by atoms with E-state index in [9.17, 15) is 4.79 Å². The van der Waals surface area contributed by atoms with Gasteiger partial charge in [-0.3, -0.25) is 4.79 Å². The van der Waals surface area contributed by atoms with Crippen molar-refractivity contribution >= 4 is 34.4 Å². The standard InChI is InChI=1S/C18H21ClN6O2/c1-11-4-6-25(18(26)13-8-23-27-15(13)7-19)9-14(11)24(2)17-12-3-5-20-16(12)21-10-22-17/h3,5,8,10-11,14H,4,6-7,9H2,1-2H3,(H,20,21,22)/t11-,14?/m1/s1. The number of nitrogens with zero attached hydrogens (tertiary/aromatic N) is 5. The Labute approximate surface area is 161 Å². The van der Waals surface area contributed by atoms with E-state index in [0.29, 0.717) is 30.3 Å². The third-order valence-electron chi connectivity index (χ3n) is 5.37. The lowest BCUT2D eigenvalue weighted by atomic mass is 9.92. The molecule has 1 amide bonds. The van der Waals surface area contributed by atoms with Crippen LogP contribution >= 0.6 is 11.6 Å². The number of carbonyl (C=O) groups excluding carboxylic acids is 1. The number of alkyl halides is 1. The molecule has 4 rings (SSSR count). The summed E-state index contributed by atoms with van der Waals surface area (Å²) >= 11 is 5.85. The number of aromatic nitrogens is 4. The maximum atomic E-state index is 12.9. The molecule has 3 aromatic rings. The second-order valence-corrected chi connectivity index (χ2v) is 7.20. The highest BCUT2D eigenvalue weighted by Gasteiger charge is 2.34. The van der Waals surface area contributed by atoms with Crippen LogP contribution in [0.3, 0.4) is 0 Å². The summed E-state index contributed by atoms with van der Waals surface area (Å²) in [6.45, 7) is 3.50. The molecular formula is C18H21ClN6O2. The van der Waals surface area contributed by atoms with E-state index in [0.717, 1.165) is 23.3 Å². The summed E-state index contributed by atoms with van der Waals surface area (Å²) in [5.74, 6) is 1.72. The van der Waals surface area contributed by atoms with Crippen LogP contribution in [-0.4, -0.2) is 57.1 Å². The summed E-state index contributed by atoms with van der Waals surface area (Å²) in [7, 11) is 2.02. The van der Waals surface area contributed by atoms with Crippen molar-refractivity contribution in [2.45, 2.75) is 25.3 Å². The van der Waals surface area contributed by atoms with E-state index in [1.807, 2.05) is 24.2 Å². The van der Waals surface area contributed by atoms with E-state index in [-0.39, 0.29) is 17.8 Å². The normalized spacial score (nSPS) is 20.2. The van der Waals surface area contributed by atoms with E-state index in [2.05, 4.69) is 31.9 Å². The third-order valence-corrected chi connectivity index (χ3v) is 5.61. The van der Waals surface area contributed by atoms with Gasteiger partial charge < -0.3 is 19.3 Å². The van der Waals surface area contributed by atoms with E-state index in [1.165, 1.54) is 6.20 Å². The van der Waals surface area contributed by atoms with Crippen molar-refractivity contribution in [3.63, 3.8) is 0 Å². The highest BCUT2D eigenvalue weighted by atomic mass is 35.5. The molecule has 0 radical (unpaired) electrons. The van der Waals surface area contributed by atoms with Crippen molar-refractivity contribution in [1.82, 2.24) is 25.0 Å². The van der Waals surface area contributed by atoms with Gasteiger partial charge in [0, 0.05) is 26.3 Å². The number of H-pyrrole nitrogens is 1. The smallest absolute Gasteiger partial charge is 0.259 e. The van der Waals surface area contributed by atoms with Crippen LogP contribution in [0.2, 0.25) is 0 Å². The highest BCUT2D eigenvalue weighted by Crippen LogP contribution is 2.29. The van der Waals surface area contributed by atoms with Gasteiger partial charge in [0.05, 0.1) is 23.5 Å². The molecule has 0 aromatic carbocycles. The van der Waals surface area contributed by atoms with Crippen molar-refractivity contribution in [2.24, 2.45) is 5.92 Å². The van der Waals surface area contributed by atoms with Crippen molar-refractivity contribution in [2.75, 3.05) is 25.0 Å². The fourth-order valence-corrected chi connectivity index (χ4v) is 3.93. The number of piperidine rings is 1. The quantitative estimate of drug-likeness (QED) is 0.691. The number of rotatable bonds is 4. The number of halogens is 1. The molecule has 0 bridgehead atoms. The molecule has 1 aliphatic rings. The molecule has 2 atom stereocenters. The lowest BCUT2D eigenvalue weighted by molar-refractivity contribution is 0.0668. The second-order valence-electron chi connectivity index (χ2n) is 6.93. The van der Waals surface area contributed by atoms with Gasteiger partial charge >= 0.3 is 0 Å². The van der Waals surface area contributed by atoms with E-state index >= 15 is 0 Å². The van der Waals surface area contributed by atoms with E-state index in [1.54, 1.807) is 6.33 Å². The van der Waals surface area contributed by atoms with Crippen LogP contribution in [0.4, 0.5) is 5.82 Å². The SMILES string of the molecule is C[C@@H]1CCN(C(=O)c2cnoc2CCl)CC1N(C)c1ncnc2[nH]ccc12. The summed E-state index contributed by atoms with van der Waals surface area (Å²) in [5, 5.41) is 4.69. The Kier molecular flexibility index (Phi) is 4.73. The van der Waals surface area contributed by atoms with Crippen molar-refractivity contribution < 1.29 is 9.32 Å². The maximum absolute atomic E-state index is 12.9. The second kappa shape index (κ2) is 7.19. The van der Waals surface area contributed by atoms with Crippen LogP contribution in [0, 0.1) is 5.92 Å². The van der Waals surface area contributed by atoms with Gasteiger partial charge in [0.15, 0.2) is 5.76 Å². The van der Waals surface area contributed by atoms with Gasteiger partial charge in [-0.15, -0.1) is 11.6 Å². The van der Waals surface area contributed by atoms with Crippen LogP contribution in [0.15, 0.2) is 29.3 Å². The number of anilines is 1. The average Bonchev–Trinajstić information content (AvgIpc) is 3.35. The molecule has 1 aliphatic heterocycles. The molecule has 1 unspecified atom stereocenters. The topological polar surface area (TPSA) is 91.2 Å². The van der Waals surface area contributed by atoms with Crippen molar-refractivity contribution in [1.29, 1.82) is 0 Å². The number of aromatic amines is 1. The molecule has 4 heterocycles. The first kappa shape index (κ1) is 17.8. The summed E-state index contributed by atoms with van der Waals surface area (Å²) in [6.07, 6.45) is 5.77. The van der Waals surface area contributed by atoms with E-state index in [4.69, 9.17) is 16.1 Å². The first-order chi connectivity index (χ1) is 13.1. The Morgan fingerprint density at radius 3 is 3.15 bits per heavy atom. The van der Waals surface area contributed by atoms with Crippen molar-refractivity contribution in [3.8, 4) is 0 Å². The molecule has 0 aliphatic carbocycles. The number of nitrogens with one attached hydrogen (secondary N) is 1. The van der Waals surface area contributed by atoms with Gasteiger partial charge in [-0.2, -0.15) is 0 Å². The molecule has 8 nitrogen and oxygen atoms in total. The fourth-order valence-electron chi connectivity index (χ4n) is 3.74. The number of amides is 1. The molecule has 1 saturated heterocycles. The van der Waals surface area contributed by atoms with Gasteiger partial charge in [-0.25, -0.2) is 9.97 Å². The van der Waals surface area contributed by atoms with Crippen LogP contribution in [0.1, 0.15) is 29.5 Å². The van der Waals surface area contributed by atoms with Gasteiger partial charge in [0.25, 0.3) is 5.91 Å². The Morgan fingerprint density at radius 1 is 1.48 bits per heavy atom. The zero-order chi connectivity index (χ0) is 19.0. The van der Waals surface area contributed by atoms with Gasteiger partial charge in [0.1, 0.15) is 23.4 Å². The Balaban J connectivity index is 1.59. The van der Waals surface area contributed by atoms with Crippen LogP contribution in [0.5, 0.6) is 0 Å². The summed E-state index contributed by atoms with van der Waals surface area (Å²) in [5.41, 5.74) is 1.25. The molecule has 0 spiro atoms. The van der Waals surface area contributed by atoms with Crippen LogP contribution in [-0.2, 0) is 5.88 Å².